The van der Waals surface area contributed by atoms with Crippen molar-refractivity contribution in [1.29, 1.82) is 0 Å². The van der Waals surface area contributed by atoms with Crippen molar-refractivity contribution in [2.45, 2.75) is 20.1 Å². The fraction of sp³-hybridized carbons (Fsp3) is 1.00. The molecule has 0 spiro atoms. The molecule has 1 atom stereocenters. The van der Waals surface area contributed by atoms with Crippen molar-refractivity contribution in [2.75, 3.05) is 27.3 Å². The van der Waals surface area contributed by atoms with Crippen LogP contribution in [0.1, 0.15) is 13.8 Å². The van der Waals surface area contributed by atoms with E-state index in [2.05, 4.69) is 13.8 Å². The van der Waals surface area contributed by atoms with Crippen LogP contribution >= 0.6 is 0 Å². The molecule has 3 nitrogen and oxygen atoms in total. The molecule has 0 aliphatic carbocycles. The average molecular weight is 160 g/mol. The highest BCUT2D eigenvalue weighted by molar-refractivity contribution is 4.61. The van der Waals surface area contributed by atoms with Gasteiger partial charge in [-0.25, -0.2) is 5.11 Å². The average Bonchev–Trinajstić information content (AvgIpc) is 1.88. The van der Waals surface area contributed by atoms with Crippen molar-refractivity contribution < 1.29 is 9.84 Å². The summed E-state index contributed by atoms with van der Waals surface area (Å²) in [6.07, 6.45) is 0.0731. The Balaban J connectivity index is 3.81. The highest BCUT2D eigenvalue weighted by Crippen LogP contribution is 2.08. The summed E-state index contributed by atoms with van der Waals surface area (Å²) in [6, 6.07) is 0. The van der Waals surface area contributed by atoms with Crippen LogP contribution in [0.5, 0.6) is 0 Å². The third kappa shape index (κ3) is 3.70. The third-order valence-corrected chi connectivity index (χ3v) is 1.69. The Morgan fingerprint density at radius 2 is 2.00 bits per heavy atom. The van der Waals surface area contributed by atoms with Gasteiger partial charge in [-0.2, -0.15) is 0 Å². The van der Waals surface area contributed by atoms with Gasteiger partial charge in [-0.1, -0.05) is 13.8 Å². The number of ether oxygens (including phenoxy) is 1. The van der Waals surface area contributed by atoms with E-state index < -0.39 is 0 Å². The van der Waals surface area contributed by atoms with Gasteiger partial charge in [-0.05, 0) is 13.0 Å². The fourth-order valence-corrected chi connectivity index (χ4v) is 1.23. The lowest BCUT2D eigenvalue weighted by Crippen LogP contribution is -2.38. The molecular formula is C8H18NO2. The van der Waals surface area contributed by atoms with E-state index in [4.69, 9.17) is 4.74 Å². The molecule has 0 aromatic heterocycles. The second-order valence-corrected chi connectivity index (χ2v) is 3.06. The molecule has 1 unspecified atom stereocenters. The lowest BCUT2D eigenvalue weighted by Gasteiger charge is -2.28. The van der Waals surface area contributed by atoms with Crippen molar-refractivity contribution in [3.63, 3.8) is 0 Å². The Bertz CT molecular complexity index is 96.1. The molecule has 0 heterocycles. The summed E-state index contributed by atoms with van der Waals surface area (Å²) in [7, 11) is 3.58. The van der Waals surface area contributed by atoms with Crippen LogP contribution in [0.25, 0.3) is 0 Å². The van der Waals surface area contributed by atoms with Crippen LogP contribution in [0.3, 0.4) is 0 Å². The van der Waals surface area contributed by atoms with E-state index in [0.717, 1.165) is 0 Å². The maximum absolute atomic E-state index is 10.3. The maximum atomic E-state index is 10.3. The Morgan fingerprint density at radius 1 is 1.45 bits per heavy atom. The molecule has 0 saturated carbocycles. The van der Waals surface area contributed by atoms with E-state index in [9.17, 15) is 5.11 Å². The van der Waals surface area contributed by atoms with Crippen molar-refractivity contribution in [3.8, 4) is 0 Å². The molecule has 0 rings (SSSR count). The second kappa shape index (κ2) is 5.52. The minimum absolute atomic E-state index is 0.0664. The molecule has 1 radical (unpaired) electrons. The summed E-state index contributed by atoms with van der Waals surface area (Å²) in [5.41, 5.74) is 0. The molecule has 0 aromatic carbocycles. The lowest BCUT2D eigenvalue weighted by molar-refractivity contribution is -0.0568. The lowest BCUT2D eigenvalue weighted by atomic mass is 10.2. The molecule has 0 amide bonds. The quantitative estimate of drug-likeness (QED) is 0.561. The molecule has 0 saturated heterocycles. The molecule has 0 aliphatic heterocycles. The Hall–Kier alpha value is -0.120. The molecule has 0 N–H and O–H groups in total. The van der Waals surface area contributed by atoms with E-state index in [1.165, 1.54) is 0 Å². The molecule has 67 valence electrons. The van der Waals surface area contributed by atoms with Crippen LogP contribution in [0.15, 0.2) is 0 Å². The number of methoxy groups -OCH3 is 1. The van der Waals surface area contributed by atoms with Crippen molar-refractivity contribution in [3.05, 3.63) is 0 Å². The molecule has 0 aliphatic rings. The Morgan fingerprint density at radius 3 is 2.27 bits per heavy atom. The first-order chi connectivity index (χ1) is 5.13. The number of hydrogen-bond donors (Lipinski definition) is 0. The third-order valence-electron chi connectivity index (χ3n) is 1.69. The van der Waals surface area contributed by atoms with Gasteiger partial charge in [-0.3, -0.25) is 4.90 Å². The van der Waals surface area contributed by atoms with E-state index in [0.29, 0.717) is 12.5 Å². The van der Waals surface area contributed by atoms with Gasteiger partial charge in [-0.15, -0.1) is 0 Å². The summed E-state index contributed by atoms with van der Waals surface area (Å²) < 4.78 is 5.21. The van der Waals surface area contributed by atoms with Gasteiger partial charge in [0.05, 0.1) is 6.61 Å². The first-order valence-corrected chi connectivity index (χ1v) is 3.94. The second-order valence-electron chi connectivity index (χ2n) is 3.06. The van der Waals surface area contributed by atoms with Gasteiger partial charge in [0.15, 0.2) is 0 Å². The van der Waals surface area contributed by atoms with Gasteiger partial charge in [0, 0.05) is 13.7 Å². The monoisotopic (exact) mass is 160 g/mol. The minimum Gasteiger partial charge on any atom is -0.366 e. The van der Waals surface area contributed by atoms with Crippen LogP contribution in [0.4, 0.5) is 0 Å². The zero-order chi connectivity index (χ0) is 8.85. The van der Waals surface area contributed by atoms with E-state index in [1.54, 1.807) is 7.11 Å². The number of likely N-dealkylation sites (N-methyl/N-ethyl adjacent to an activating group) is 1. The zero-order valence-corrected chi connectivity index (χ0v) is 7.83. The van der Waals surface area contributed by atoms with Crippen LogP contribution in [0, 0.1) is 5.92 Å². The highest BCUT2D eigenvalue weighted by Gasteiger charge is 2.16. The SMILES string of the molecule is COC(C(C)C)N(C)CC[O]. The summed E-state index contributed by atoms with van der Waals surface area (Å²) in [5.74, 6) is 0.427. The first kappa shape index (κ1) is 10.9. The van der Waals surface area contributed by atoms with Crippen molar-refractivity contribution >= 4 is 0 Å². The summed E-state index contributed by atoms with van der Waals surface area (Å²) in [5, 5.41) is 10.3. The molecule has 0 fully saturated rings. The normalized spacial score (nSPS) is 14.5. The molecule has 11 heavy (non-hydrogen) atoms. The van der Waals surface area contributed by atoms with Crippen molar-refractivity contribution in [1.82, 2.24) is 4.90 Å². The molecule has 0 aromatic rings. The van der Waals surface area contributed by atoms with E-state index >= 15 is 0 Å². The van der Waals surface area contributed by atoms with Crippen LogP contribution in [-0.4, -0.2) is 38.4 Å². The van der Waals surface area contributed by atoms with Gasteiger partial charge in [0.1, 0.15) is 6.23 Å². The van der Waals surface area contributed by atoms with Crippen LogP contribution < -0.4 is 0 Å². The maximum Gasteiger partial charge on any atom is 0.112 e. The van der Waals surface area contributed by atoms with Gasteiger partial charge >= 0.3 is 0 Å². The zero-order valence-electron chi connectivity index (χ0n) is 7.83. The summed E-state index contributed by atoms with van der Waals surface area (Å²) in [4.78, 5) is 1.94. The van der Waals surface area contributed by atoms with Crippen LogP contribution in [0.2, 0.25) is 0 Å². The number of nitrogens with zero attached hydrogens (tertiary/aromatic N) is 1. The minimum atomic E-state index is -0.0664. The first-order valence-electron chi connectivity index (χ1n) is 3.94. The number of rotatable bonds is 5. The Labute approximate surface area is 69.0 Å². The summed E-state index contributed by atoms with van der Waals surface area (Å²) in [6.45, 7) is 4.64. The molecular weight excluding hydrogens is 142 g/mol. The van der Waals surface area contributed by atoms with E-state index in [-0.39, 0.29) is 12.8 Å². The fourth-order valence-electron chi connectivity index (χ4n) is 1.23. The van der Waals surface area contributed by atoms with Crippen LogP contribution in [-0.2, 0) is 9.84 Å². The highest BCUT2D eigenvalue weighted by atomic mass is 16.5. The molecule has 3 heteroatoms. The smallest absolute Gasteiger partial charge is 0.112 e. The predicted octanol–water partition coefficient (Wildman–Crippen LogP) is 0.977. The van der Waals surface area contributed by atoms with Gasteiger partial charge < -0.3 is 4.74 Å². The standard InChI is InChI=1S/C8H18NO2/c1-7(2)8(11-4)9(3)5-6-10/h7-8H,5-6H2,1-4H3. The van der Waals surface area contributed by atoms with Gasteiger partial charge in [0.25, 0.3) is 0 Å². The summed E-state index contributed by atoms with van der Waals surface area (Å²) >= 11 is 0. The van der Waals surface area contributed by atoms with E-state index in [1.807, 2.05) is 11.9 Å². The van der Waals surface area contributed by atoms with Gasteiger partial charge in [0.2, 0.25) is 0 Å². The predicted molar refractivity (Wildman–Crippen MR) is 43.8 cm³/mol. The topological polar surface area (TPSA) is 32.4 Å². The molecule has 0 bridgehead atoms. The number of hydrogen-bond acceptors (Lipinski definition) is 2. The Kier molecular flexibility index (Phi) is 5.46. The van der Waals surface area contributed by atoms with Crippen molar-refractivity contribution in [2.24, 2.45) is 5.92 Å². The largest absolute Gasteiger partial charge is 0.366 e.